The molecule has 0 bridgehead atoms. The van der Waals surface area contributed by atoms with E-state index in [0.717, 1.165) is 22.4 Å². The summed E-state index contributed by atoms with van der Waals surface area (Å²) in [6.45, 7) is 2.54. The zero-order valence-corrected chi connectivity index (χ0v) is 14.5. The van der Waals surface area contributed by atoms with Gasteiger partial charge in [0, 0.05) is 5.92 Å². The van der Waals surface area contributed by atoms with Crippen LogP contribution in [0.3, 0.4) is 0 Å². The van der Waals surface area contributed by atoms with E-state index in [1.807, 2.05) is 49.4 Å². The van der Waals surface area contributed by atoms with Crippen LogP contribution < -0.4 is 4.74 Å². The number of nitriles is 2. The highest BCUT2D eigenvalue weighted by Gasteiger charge is 2.56. The van der Waals surface area contributed by atoms with E-state index in [-0.39, 0.29) is 12.0 Å². The van der Waals surface area contributed by atoms with Crippen molar-refractivity contribution in [3.8, 4) is 17.9 Å². The van der Waals surface area contributed by atoms with Crippen LogP contribution in [0, 0.1) is 22.7 Å². The Morgan fingerprint density at radius 1 is 1.15 bits per heavy atom. The molecule has 2 aromatic rings. The van der Waals surface area contributed by atoms with Crippen LogP contribution in [0.1, 0.15) is 42.0 Å². The largest absolute Gasteiger partial charge is 0.494 e. The zero-order chi connectivity index (χ0) is 18.1. The number of hydrogen-bond acceptors (Lipinski definition) is 5. The maximum atomic E-state index is 9.96. The van der Waals surface area contributed by atoms with E-state index < -0.39 is 5.54 Å². The van der Waals surface area contributed by atoms with Gasteiger partial charge in [-0.1, -0.05) is 36.4 Å². The lowest BCUT2D eigenvalue weighted by Gasteiger charge is -2.33. The third kappa shape index (κ3) is 2.25. The van der Waals surface area contributed by atoms with E-state index in [0.29, 0.717) is 13.0 Å². The molecule has 128 valence electrons. The van der Waals surface area contributed by atoms with Crippen molar-refractivity contribution in [3.05, 3.63) is 65.2 Å². The van der Waals surface area contributed by atoms with Crippen molar-refractivity contribution >= 4 is 6.21 Å². The minimum atomic E-state index is -1.32. The van der Waals surface area contributed by atoms with Crippen LogP contribution in [-0.4, -0.2) is 23.4 Å². The number of ether oxygens (including phenoxy) is 1. The number of benzene rings is 2. The van der Waals surface area contributed by atoms with E-state index in [9.17, 15) is 10.5 Å². The van der Waals surface area contributed by atoms with Gasteiger partial charge < -0.3 is 4.74 Å². The summed E-state index contributed by atoms with van der Waals surface area (Å²) in [7, 11) is 0. The Morgan fingerprint density at radius 2 is 1.88 bits per heavy atom. The molecule has 26 heavy (non-hydrogen) atoms. The first-order chi connectivity index (χ1) is 12.7. The maximum absolute atomic E-state index is 9.96. The predicted octanol–water partition coefficient (Wildman–Crippen LogP) is 3.75. The highest BCUT2D eigenvalue weighted by atomic mass is 16.5. The van der Waals surface area contributed by atoms with E-state index in [1.54, 1.807) is 11.2 Å². The Hall–Kier alpha value is -3.31. The number of nitrogens with zero attached hydrogens (tertiary/aromatic N) is 4. The van der Waals surface area contributed by atoms with Crippen LogP contribution >= 0.6 is 0 Å². The molecular formula is C21H18N4O. The quantitative estimate of drug-likeness (QED) is 0.851. The number of hydrogen-bond donors (Lipinski definition) is 0. The number of fused-ring (bicyclic) bond motifs is 3. The van der Waals surface area contributed by atoms with Crippen LogP contribution in [-0.2, 0) is 0 Å². The summed E-state index contributed by atoms with van der Waals surface area (Å²) in [5.74, 6) is 0.538. The number of rotatable bonds is 3. The summed E-state index contributed by atoms with van der Waals surface area (Å²) >= 11 is 0. The van der Waals surface area contributed by atoms with E-state index in [1.165, 1.54) is 0 Å². The van der Waals surface area contributed by atoms with Gasteiger partial charge in [-0.2, -0.15) is 15.6 Å². The molecule has 2 aliphatic heterocycles. The fraction of sp³-hybridized carbons (Fsp3) is 0.286. The van der Waals surface area contributed by atoms with Crippen LogP contribution in [0.25, 0.3) is 0 Å². The molecule has 2 atom stereocenters. The average molecular weight is 342 g/mol. The Labute approximate surface area is 152 Å². The minimum Gasteiger partial charge on any atom is -0.494 e. The van der Waals surface area contributed by atoms with Gasteiger partial charge in [0.1, 0.15) is 17.9 Å². The lowest BCUT2D eigenvalue weighted by Crippen LogP contribution is -2.43. The molecule has 5 heteroatoms. The van der Waals surface area contributed by atoms with Crippen molar-refractivity contribution in [1.29, 1.82) is 10.5 Å². The first-order valence-corrected chi connectivity index (χ1v) is 8.71. The van der Waals surface area contributed by atoms with Gasteiger partial charge >= 0.3 is 0 Å². The van der Waals surface area contributed by atoms with E-state index in [4.69, 9.17) is 4.74 Å². The monoisotopic (exact) mass is 342 g/mol. The molecule has 0 aromatic heterocycles. The normalized spacial score (nSPS) is 22.0. The van der Waals surface area contributed by atoms with Crippen LogP contribution in [0.4, 0.5) is 0 Å². The summed E-state index contributed by atoms with van der Waals surface area (Å²) in [5.41, 5.74) is 1.80. The Morgan fingerprint density at radius 3 is 2.58 bits per heavy atom. The third-order valence-corrected chi connectivity index (χ3v) is 5.23. The third-order valence-electron chi connectivity index (χ3n) is 5.23. The minimum absolute atomic E-state index is 0.0768. The molecule has 1 saturated heterocycles. The van der Waals surface area contributed by atoms with Crippen molar-refractivity contribution in [2.24, 2.45) is 5.10 Å². The van der Waals surface area contributed by atoms with Crippen molar-refractivity contribution < 1.29 is 4.74 Å². The Bertz CT molecular complexity index is 922. The first kappa shape index (κ1) is 16.2. The average Bonchev–Trinajstić information content (AvgIpc) is 3.04. The van der Waals surface area contributed by atoms with E-state index >= 15 is 0 Å². The predicted molar refractivity (Wildman–Crippen MR) is 97.5 cm³/mol. The second-order valence-corrected chi connectivity index (χ2v) is 6.51. The van der Waals surface area contributed by atoms with Crippen molar-refractivity contribution in [1.82, 2.24) is 5.01 Å². The molecule has 4 rings (SSSR count). The topological polar surface area (TPSA) is 72.4 Å². The Balaban J connectivity index is 1.78. The fourth-order valence-electron chi connectivity index (χ4n) is 4.01. The van der Waals surface area contributed by atoms with Crippen LogP contribution in [0.5, 0.6) is 5.75 Å². The fourth-order valence-corrected chi connectivity index (χ4v) is 4.01. The SMILES string of the molecule is CCOc1ccc([C@H]2C[C@@H]3c4ccccc4C=NN3C2(C#N)C#N)cc1. The van der Waals surface area contributed by atoms with Crippen LogP contribution in [0.2, 0.25) is 0 Å². The molecule has 2 heterocycles. The molecule has 1 fully saturated rings. The first-order valence-electron chi connectivity index (χ1n) is 8.71. The molecule has 5 nitrogen and oxygen atoms in total. The molecule has 0 radical (unpaired) electrons. The summed E-state index contributed by atoms with van der Waals surface area (Å²) in [6.07, 6.45) is 2.42. The molecule has 0 amide bonds. The summed E-state index contributed by atoms with van der Waals surface area (Å²) in [5, 5.41) is 26.1. The summed E-state index contributed by atoms with van der Waals surface area (Å²) in [6, 6.07) is 20.2. The summed E-state index contributed by atoms with van der Waals surface area (Å²) in [4.78, 5) is 0. The molecule has 0 unspecified atom stereocenters. The highest BCUT2D eigenvalue weighted by molar-refractivity contribution is 5.83. The Kier molecular flexibility index (Phi) is 3.86. The molecular weight excluding hydrogens is 324 g/mol. The van der Waals surface area contributed by atoms with Gasteiger partial charge in [-0.05, 0) is 42.2 Å². The molecule has 0 saturated carbocycles. The van der Waals surface area contributed by atoms with Gasteiger partial charge in [0.2, 0.25) is 5.54 Å². The van der Waals surface area contributed by atoms with Crippen molar-refractivity contribution in [2.45, 2.75) is 30.8 Å². The second-order valence-electron chi connectivity index (χ2n) is 6.51. The standard InChI is InChI=1S/C21H18N4O/c1-2-26-17-9-7-15(8-10-17)19-11-20-18-6-4-3-5-16(18)12-24-25(20)21(19,13-22)14-23/h3-10,12,19-20H,2,11H2,1H3/t19-,20-/m1/s1. The van der Waals surface area contributed by atoms with Gasteiger partial charge in [0.05, 0.1) is 18.9 Å². The van der Waals surface area contributed by atoms with Crippen molar-refractivity contribution in [3.63, 3.8) is 0 Å². The van der Waals surface area contributed by atoms with Gasteiger partial charge in [-0.3, -0.25) is 5.01 Å². The molecule has 0 N–H and O–H groups in total. The zero-order valence-electron chi connectivity index (χ0n) is 14.5. The van der Waals surface area contributed by atoms with Gasteiger partial charge in [0.25, 0.3) is 0 Å². The smallest absolute Gasteiger partial charge is 0.236 e. The highest BCUT2D eigenvalue weighted by Crippen LogP contribution is 2.52. The van der Waals surface area contributed by atoms with Crippen LogP contribution in [0.15, 0.2) is 53.6 Å². The van der Waals surface area contributed by atoms with Gasteiger partial charge in [-0.15, -0.1) is 0 Å². The van der Waals surface area contributed by atoms with Gasteiger partial charge in [-0.25, -0.2) is 0 Å². The lowest BCUT2D eigenvalue weighted by molar-refractivity contribution is 0.183. The lowest BCUT2D eigenvalue weighted by atomic mass is 9.81. The van der Waals surface area contributed by atoms with Gasteiger partial charge in [0.15, 0.2) is 0 Å². The molecule has 0 spiro atoms. The molecule has 2 aromatic carbocycles. The maximum Gasteiger partial charge on any atom is 0.236 e. The van der Waals surface area contributed by atoms with E-state index in [2.05, 4.69) is 23.3 Å². The summed E-state index contributed by atoms with van der Waals surface area (Å²) < 4.78 is 5.51. The number of hydrazone groups is 1. The molecule has 0 aliphatic carbocycles. The second kappa shape index (κ2) is 6.20. The van der Waals surface area contributed by atoms with Crippen molar-refractivity contribution in [2.75, 3.05) is 6.61 Å². The molecule has 2 aliphatic rings.